The number of rotatable bonds is 8. The van der Waals surface area contributed by atoms with Gasteiger partial charge >= 0.3 is 0 Å². The quantitative estimate of drug-likeness (QED) is 0.505. The van der Waals surface area contributed by atoms with Gasteiger partial charge in [-0.05, 0) is 19.3 Å². The van der Waals surface area contributed by atoms with E-state index in [1.807, 2.05) is 0 Å². The Morgan fingerprint density at radius 3 is 2.06 bits per heavy atom. The van der Waals surface area contributed by atoms with Gasteiger partial charge in [-0.1, -0.05) is 71.1 Å². The van der Waals surface area contributed by atoms with Crippen LogP contribution in [0.15, 0.2) is 0 Å². The summed E-state index contributed by atoms with van der Waals surface area (Å²) < 4.78 is 0. The van der Waals surface area contributed by atoms with Crippen LogP contribution >= 0.6 is 0 Å². The molecule has 0 radical (unpaired) electrons. The summed E-state index contributed by atoms with van der Waals surface area (Å²) in [4.78, 5) is 0. The Morgan fingerprint density at radius 1 is 0.889 bits per heavy atom. The van der Waals surface area contributed by atoms with E-state index in [4.69, 9.17) is 0 Å². The summed E-state index contributed by atoms with van der Waals surface area (Å²) in [6, 6.07) is 0. The van der Waals surface area contributed by atoms with E-state index in [-0.39, 0.29) is 0 Å². The fraction of sp³-hybridized carbons (Fsp3) is 1.00. The molecule has 0 heterocycles. The molecule has 0 aliphatic heterocycles. The molecular formula is C16H32O2. The lowest BCUT2D eigenvalue weighted by atomic mass is 9.85. The first-order valence-electron chi connectivity index (χ1n) is 8.09. The normalized spacial score (nSPS) is 21.5. The molecule has 1 rings (SSSR count). The Bertz CT molecular complexity index is 195. The summed E-state index contributed by atoms with van der Waals surface area (Å²) in [5.74, 6) is 0. The Labute approximate surface area is 113 Å². The monoisotopic (exact) mass is 256 g/mol. The lowest BCUT2D eigenvalue weighted by Crippen LogP contribution is -2.41. The van der Waals surface area contributed by atoms with Crippen LogP contribution in [0.3, 0.4) is 0 Å². The van der Waals surface area contributed by atoms with Crippen LogP contribution in [0.5, 0.6) is 0 Å². The number of aliphatic hydroxyl groups excluding tert-OH is 1. The molecule has 0 spiro atoms. The average Bonchev–Trinajstić information content (AvgIpc) is 2.59. The molecule has 0 amide bonds. The molecule has 0 aromatic heterocycles. The van der Waals surface area contributed by atoms with Crippen molar-refractivity contribution in [2.45, 2.75) is 102 Å². The second-order valence-electron chi connectivity index (χ2n) is 6.09. The molecule has 1 atom stereocenters. The summed E-state index contributed by atoms with van der Waals surface area (Å²) in [5.41, 5.74) is -0.778. The molecule has 1 aliphatic rings. The fourth-order valence-corrected chi connectivity index (χ4v) is 3.06. The minimum atomic E-state index is -0.778. The van der Waals surface area contributed by atoms with E-state index >= 15 is 0 Å². The predicted octanol–water partition coefficient (Wildman–Crippen LogP) is 4.18. The summed E-state index contributed by atoms with van der Waals surface area (Å²) >= 11 is 0. The van der Waals surface area contributed by atoms with Gasteiger partial charge in [0.1, 0.15) is 0 Å². The first-order valence-corrected chi connectivity index (χ1v) is 8.09. The van der Waals surface area contributed by atoms with Crippen LogP contribution in [0, 0.1) is 0 Å². The molecular weight excluding hydrogens is 224 g/mol. The van der Waals surface area contributed by atoms with Crippen molar-refractivity contribution in [2.24, 2.45) is 0 Å². The van der Waals surface area contributed by atoms with Gasteiger partial charge in [0.25, 0.3) is 0 Å². The summed E-state index contributed by atoms with van der Waals surface area (Å²) in [6.45, 7) is 2.23. The second kappa shape index (κ2) is 8.92. The molecule has 1 fully saturated rings. The van der Waals surface area contributed by atoms with Gasteiger partial charge in [0.2, 0.25) is 0 Å². The van der Waals surface area contributed by atoms with Crippen molar-refractivity contribution >= 4 is 0 Å². The van der Waals surface area contributed by atoms with E-state index in [0.29, 0.717) is 0 Å². The highest BCUT2D eigenvalue weighted by molar-refractivity contribution is 4.87. The fourth-order valence-electron chi connectivity index (χ4n) is 3.06. The highest BCUT2D eigenvalue weighted by Gasteiger charge is 2.35. The standard InChI is InChI=1S/C16H32O2/c1-2-3-4-5-6-9-12-15(17)16(18)13-10-7-8-11-14-16/h15,17-18H,2-14H2,1H3. The van der Waals surface area contributed by atoms with Gasteiger partial charge in [-0.15, -0.1) is 0 Å². The van der Waals surface area contributed by atoms with E-state index in [2.05, 4.69) is 6.92 Å². The van der Waals surface area contributed by atoms with Gasteiger partial charge in [-0.2, -0.15) is 0 Å². The molecule has 1 unspecified atom stereocenters. The van der Waals surface area contributed by atoms with Gasteiger partial charge in [0.05, 0.1) is 11.7 Å². The summed E-state index contributed by atoms with van der Waals surface area (Å²) in [7, 11) is 0. The van der Waals surface area contributed by atoms with Crippen molar-refractivity contribution in [3.8, 4) is 0 Å². The third kappa shape index (κ3) is 5.71. The molecule has 18 heavy (non-hydrogen) atoms. The Balaban J connectivity index is 2.15. The first-order chi connectivity index (χ1) is 8.69. The topological polar surface area (TPSA) is 40.5 Å². The van der Waals surface area contributed by atoms with Crippen LogP contribution in [0.25, 0.3) is 0 Å². The predicted molar refractivity (Wildman–Crippen MR) is 76.7 cm³/mol. The smallest absolute Gasteiger partial charge is 0.0905 e. The average molecular weight is 256 g/mol. The molecule has 2 nitrogen and oxygen atoms in total. The third-order valence-corrected chi connectivity index (χ3v) is 4.42. The van der Waals surface area contributed by atoms with Crippen LogP contribution < -0.4 is 0 Å². The van der Waals surface area contributed by atoms with E-state index < -0.39 is 11.7 Å². The Morgan fingerprint density at radius 2 is 1.44 bits per heavy atom. The maximum Gasteiger partial charge on any atom is 0.0905 e. The van der Waals surface area contributed by atoms with Gasteiger partial charge in [0.15, 0.2) is 0 Å². The minimum Gasteiger partial charge on any atom is -0.390 e. The first kappa shape index (κ1) is 16.0. The van der Waals surface area contributed by atoms with Gasteiger partial charge in [-0.25, -0.2) is 0 Å². The Hall–Kier alpha value is -0.0800. The largest absolute Gasteiger partial charge is 0.390 e. The molecule has 1 aliphatic carbocycles. The third-order valence-electron chi connectivity index (χ3n) is 4.42. The molecule has 108 valence electrons. The number of hydrogen-bond donors (Lipinski definition) is 2. The van der Waals surface area contributed by atoms with E-state index in [1.165, 1.54) is 44.9 Å². The Kier molecular flexibility index (Phi) is 7.92. The highest BCUT2D eigenvalue weighted by Crippen LogP contribution is 2.31. The maximum absolute atomic E-state index is 10.5. The second-order valence-corrected chi connectivity index (χ2v) is 6.09. The van der Waals surface area contributed by atoms with Gasteiger partial charge < -0.3 is 10.2 Å². The van der Waals surface area contributed by atoms with Crippen molar-refractivity contribution in [3.63, 3.8) is 0 Å². The van der Waals surface area contributed by atoms with Crippen LogP contribution in [0.2, 0.25) is 0 Å². The van der Waals surface area contributed by atoms with Crippen molar-refractivity contribution in [2.75, 3.05) is 0 Å². The minimum absolute atomic E-state index is 0.498. The van der Waals surface area contributed by atoms with Crippen molar-refractivity contribution < 1.29 is 10.2 Å². The molecule has 0 saturated heterocycles. The van der Waals surface area contributed by atoms with Gasteiger partial charge in [-0.3, -0.25) is 0 Å². The SMILES string of the molecule is CCCCCCCCC(O)C1(O)CCCCCC1. The lowest BCUT2D eigenvalue weighted by molar-refractivity contribution is -0.0880. The maximum atomic E-state index is 10.5. The van der Waals surface area contributed by atoms with Crippen LogP contribution in [-0.2, 0) is 0 Å². The number of aliphatic hydroxyl groups is 2. The summed E-state index contributed by atoms with van der Waals surface area (Å²) in [5, 5.41) is 20.7. The van der Waals surface area contributed by atoms with E-state index in [1.54, 1.807) is 0 Å². The van der Waals surface area contributed by atoms with Gasteiger partial charge in [0, 0.05) is 0 Å². The van der Waals surface area contributed by atoms with Crippen LogP contribution in [0.1, 0.15) is 90.4 Å². The zero-order valence-electron chi connectivity index (χ0n) is 12.2. The number of hydrogen-bond acceptors (Lipinski definition) is 2. The zero-order valence-corrected chi connectivity index (χ0v) is 12.2. The molecule has 0 aromatic rings. The lowest BCUT2D eigenvalue weighted by Gasteiger charge is -2.32. The molecule has 0 bridgehead atoms. The van der Waals surface area contributed by atoms with Crippen molar-refractivity contribution in [3.05, 3.63) is 0 Å². The van der Waals surface area contributed by atoms with Crippen LogP contribution in [0.4, 0.5) is 0 Å². The van der Waals surface area contributed by atoms with Crippen LogP contribution in [-0.4, -0.2) is 21.9 Å². The van der Waals surface area contributed by atoms with E-state index in [9.17, 15) is 10.2 Å². The highest BCUT2D eigenvalue weighted by atomic mass is 16.3. The number of unbranched alkanes of at least 4 members (excludes halogenated alkanes) is 5. The molecule has 2 N–H and O–H groups in total. The van der Waals surface area contributed by atoms with Crippen molar-refractivity contribution in [1.29, 1.82) is 0 Å². The zero-order chi connectivity index (χ0) is 13.3. The van der Waals surface area contributed by atoms with E-state index in [0.717, 1.165) is 38.5 Å². The molecule has 0 aromatic carbocycles. The molecule has 2 heteroatoms. The summed E-state index contributed by atoms with van der Waals surface area (Å²) in [6.07, 6.45) is 13.9. The van der Waals surface area contributed by atoms with Crippen molar-refractivity contribution in [1.82, 2.24) is 0 Å². The molecule has 1 saturated carbocycles.